The highest BCUT2D eigenvalue weighted by Gasteiger charge is 2.25. The number of sulfonamides is 1. The Bertz CT molecular complexity index is 1140. The van der Waals surface area contributed by atoms with Gasteiger partial charge in [-0.05, 0) is 48.4 Å². The number of benzene rings is 3. The average Bonchev–Trinajstić information content (AvgIpc) is 2.78. The van der Waals surface area contributed by atoms with Crippen LogP contribution in [0.15, 0.2) is 96.4 Å². The van der Waals surface area contributed by atoms with Gasteiger partial charge in [0.05, 0.1) is 17.1 Å². The van der Waals surface area contributed by atoms with Gasteiger partial charge < -0.3 is 5.32 Å². The normalized spacial score (nSPS) is 11.0. The summed E-state index contributed by atoms with van der Waals surface area (Å²) in [5, 5.41) is 2.88. The van der Waals surface area contributed by atoms with E-state index in [0.717, 1.165) is 17.7 Å². The molecule has 30 heavy (non-hydrogen) atoms. The Morgan fingerprint density at radius 3 is 2.40 bits per heavy atom. The third-order valence-corrected chi connectivity index (χ3v) is 6.46. The molecule has 3 aromatic carbocycles. The van der Waals surface area contributed by atoms with E-state index >= 15 is 0 Å². The first-order chi connectivity index (χ1) is 14.5. The van der Waals surface area contributed by atoms with E-state index in [-0.39, 0.29) is 22.9 Å². The van der Waals surface area contributed by atoms with Crippen LogP contribution in [0.4, 0.5) is 11.4 Å². The lowest BCUT2D eigenvalue weighted by molar-refractivity contribution is 0.102. The van der Waals surface area contributed by atoms with E-state index in [1.807, 2.05) is 37.3 Å². The van der Waals surface area contributed by atoms with Gasteiger partial charge in [0.15, 0.2) is 0 Å². The second-order valence-corrected chi connectivity index (χ2v) is 8.52. The Labute approximate surface area is 177 Å². The van der Waals surface area contributed by atoms with E-state index in [1.54, 1.807) is 36.4 Å². The fraction of sp³-hybridized carbons (Fsp3) is 0.125. The summed E-state index contributed by atoms with van der Waals surface area (Å²) in [6, 6.07) is 22.4. The lowest BCUT2D eigenvalue weighted by Gasteiger charge is -2.23. The molecule has 1 amide bonds. The molecule has 0 aliphatic carbocycles. The predicted molar refractivity (Wildman–Crippen MR) is 121 cm³/mol. The van der Waals surface area contributed by atoms with Crippen LogP contribution in [0.25, 0.3) is 0 Å². The van der Waals surface area contributed by atoms with Gasteiger partial charge in [0.25, 0.3) is 15.9 Å². The lowest BCUT2D eigenvalue weighted by Crippen LogP contribution is -2.31. The van der Waals surface area contributed by atoms with Crippen molar-refractivity contribution in [3.8, 4) is 0 Å². The molecule has 0 atom stereocenters. The molecule has 154 valence electrons. The van der Waals surface area contributed by atoms with E-state index in [0.29, 0.717) is 5.69 Å². The second kappa shape index (κ2) is 9.41. The molecule has 6 heteroatoms. The number of amides is 1. The van der Waals surface area contributed by atoms with Crippen LogP contribution in [0.5, 0.6) is 0 Å². The summed E-state index contributed by atoms with van der Waals surface area (Å²) < 4.78 is 27.9. The topological polar surface area (TPSA) is 66.5 Å². The fourth-order valence-corrected chi connectivity index (χ4v) is 4.61. The molecule has 0 radical (unpaired) electrons. The van der Waals surface area contributed by atoms with Crippen LogP contribution in [-0.2, 0) is 16.4 Å². The van der Waals surface area contributed by atoms with Gasteiger partial charge in [0.1, 0.15) is 0 Å². The van der Waals surface area contributed by atoms with Gasteiger partial charge in [0.2, 0.25) is 0 Å². The predicted octanol–water partition coefficient (Wildman–Crippen LogP) is 4.88. The summed E-state index contributed by atoms with van der Waals surface area (Å²) in [4.78, 5) is 12.8. The average molecular weight is 421 g/mol. The molecular formula is C24H24N2O3S. The molecule has 0 spiro atoms. The SMILES string of the molecule is C=CCN(c1ccccc1)S(=O)(=O)c1cccc(C(=O)Nc2ccccc2CC)c1. The second-order valence-electron chi connectivity index (χ2n) is 6.65. The molecule has 3 aromatic rings. The summed E-state index contributed by atoms with van der Waals surface area (Å²) >= 11 is 0. The Kier molecular flexibility index (Phi) is 6.69. The minimum absolute atomic E-state index is 0.0460. The molecule has 0 saturated carbocycles. The lowest BCUT2D eigenvalue weighted by atomic mass is 10.1. The van der Waals surface area contributed by atoms with Crippen LogP contribution in [0.1, 0.15) is 22.8 Å². The number of aryl methyl sites for hydroxylation is 1. The highest BCUT2D eigenvalue weighted by atomic mass is 32.2. The summed E-state index contributed by atoms with van der Waals surface area (Å²) in [7, 11) is -3.88. The smallest absolute Gasteiger partial charge is 0.264 e. The van der Waals surface area contributed by atoms with E-state index in [4.69, 9.17) is 0 Å². The standard InChI is InChI=1S/C24H24N2O3S/c1-3-17-26(21-13-6-5-7-14-21)30(28,29)22-15-10-12-20(18-22)24(27)25-23-16-9-8-11-19(23)4-2/h3,5-16,18H,1,4,17H2,2H3,(H,25,27). The quantitative estimate of drug-likeness (QED) is 0.528. The fourth-order valence-electron chi connectivity index (χ4n) is 3.12. The number of hydrogen-bond donors (Lipinski definition) is 1. The number of nitrogens with zero attached hydrogens (tertiary/aromatic N) is 1. The number of rotatable bonds is 8. The molecule has 0 saturated heterocycles. The summed E-state index contributed by atoms with van der Waals surface area (Å²) in [5.74, 6) is -0.358. The number of para-hydroxylation sites is 2. The summed E-state index contributed by atoms with van der Waals surface area (Å²) in [5.41, 5.74) is 2.53. The number of nitrogens with one attached hydrogen (secondary N) is 1. The van der Waals surface area contributed by atoms with Crippen molar-refractivity contribution < 1.29 is 13.2 Å². The van der Waals surface area contributed by atoms with E-state index in [9.17, 15) is 13.2 Å². The van der Waals surface area contributed by atoms with Crippen molar-refractivity contribution in [3.05, 3.63) is 103 Å². The maximum Gasteiger partial charge on any atom is 0.264 e. The first-order valence-corrected chi connectivity index (χ1v) is 11.1. The van der Waals surface area contributed by atoms with Crippen LogP contribution < -0.4 is 9.62 Å². The zero-order valence-electron chi connectivity index (χ0n) is 16.8. The van der Waals surface area contributed by atoms with Gasteiger partial charge in [0, 0.05) is 11.3 Å². The van der Waals surface area contributed by atoms with Gasteiger partial charge in [-0.25, -0.2) is 8.42 Å². The van der Waals surface area contributed by atoms with Crippen LogP contribution in [-0.4, -0.2) is 20.9 Å². The highest BCUT2D eigenvalue weighted by molar-refractivity contribution is 7.92. The molecule has 3 rings (SSSR count). The largest absolute Gasteiger partial charge is 0.322 e. The molecule has 0 aromatic heterocycles. The monoisotopic (exact) mass is 420 g/mol. The van der Waals surface area contributed by atoms with E-state index in [2.05, 4.69) is 11.9 Å². The van der Waals surface area contributed by atoms with Gasteiger partial charge >= 0.3 is 0 Å². The Morgan fingerprint density at radius 2 is 1.70 bits per heavy atom. The molecule has 0 aliphatic heterocycles. The van der Waals surface area contributed by atoms with Crippen LogP contribution >= 0.6 is 0 Å². The molecular weight excluding hydrogens is 396 g/mol. The number of carbonyl (C=O) groups is 1. The maximum absolute atomic E-state index is 13.3. The van der Waals surface area contributed by atoms with Crippen molar-refractivity contribution in [2.24, 2.45) is 0 Å². The van der Waals surface area contributed by atoms with Gasteiger partial charge in [-0.1, -0.05) is 55.5 Å². The summed E-state index contributed by atoms with van der Waals surface area (Å²) in [6.45, 7) is 5.80. The van der Waals surface area contributed by atoms with E-state index in [1.165, 1.54) is 22.5 Å². The number of anilines is 2. The van der Waals surface area contributed by atoms with Gasteiger partial charge in [-0.15, -0.1) is 6.58 Å². The Balaban J connectivity index is 1.93. The van der Waals surface area contributed by atoms with E-state index < -0.39 is 10.0 Å². The van der Waals surface area contributed by atoms with Crippen molar-refractivity contribution in [1.29, 1.82) is 0 Å². The first-order valence-electron chi connectivity index (χ1n) is 9.65. The van der Waals surface area contributed by atoms with Gasteiger partial charge in [-0.2, -0.15) is 0 Å². The van der Waals surface area contributed by atoms with Crippen molar-refractivity contribution in [2.75, 3.05) is 16.2 Å². The van der Waals surface area contributed by atoms with Crippen LogP contribution in [0, 0.1) is 0 Å². The minimum atomic E-state index is -3.88. The Hall–Kier alpha value is -3.38. The van der Waals surface area contributed by atoms with Crippen molar-refractivity contribution in [3.63, 3.8) is 0 Å². The number of carbonyl (C=O) groups excluding carboxylic acids is 1. The van der Waals surface area contributed by atoms with Crippen LogP contribution in [0.2, 0.25) is 0 Å². The van der Waals surface area contributed by atoms with Crippen LogP contribution in [0.3, 0.4) is 0 Å². The summed E-state index contributed by atoms with van der Waals surface area (Å²) in [6.07, 6.45) is 2.31. The van der Waals surface area contributed by atoms with Crippen molar-refractivity contribution in [2.45, 2.75) is 18.2 Å². The van der Waals surface area contributed by atoms with Gasteiger partial charge in [-0.3, -0.25) is 9.10 Å². The molecule has 0 fully saturated rings. The first kappa shape index (κ1) is 21.3. The third kappa shape index (κ3) is 4.60. The minimum Gasteiger partial charge on any atom is -0.322 e. The maximum atomic E-state index is 13.3. The Morgan fingerprint density at radius 1 is 1.00 bits per heavy atom. The zero-order chi connectivity index (χ0) is 21.6. The van der Waals surface area contributed by atoms with Crippen molar-refractivity contribution >= 4 is 27.3 Å². The molecule has 5 nitrogen and oxygen atoms in total. The number of hydrogen-bond acceptors (Lipinski definition) is 3. The zero-order valence-corrected chi connectivity index (χ0v) is 17.6. The molecule has 0 aliphatic rings. The highest BCUT2D eigenvalue weighted by Crippen LogP contribution is 2.24. The molecule has 0 heterocycles. The third-order valence-electron chi connectivity index (χ3n) is 4.67. The molecule has 0 bridgehead atoms. The van der Waals surface area contributed by atoms with Crippen molar-refractivity contribution in [1.82, 2.24) is 0 Å². The molecule has 1 N–H and O–H groups in total. The molecule has 0 unspecified atom stereocenters.